The molecule has 2 aliphatic heterocycles. The summed E-state index contributed by atoms with van der Waals surface area (Å²) in [5.74, 6) is -0.813. The van der Waals surface area contributed by atoms with Crippen molar-refractivity contribution in [1.82, 2.24) is 9.58 Å². The molecule has 6 nitrogen and oxygen atoms in total. The number of rotatable bonds is 2. The molecule has 0 fully saturated rings. The first kappa shape index (κ1) is 18.7. The lowest BCUT2D eigenvalue weighted by Crippen LogP contribution is -2.35. The Kier molecular flexibility index (Phi) is 4.72. The van der Waals surface area contributed by atoms with Gasteiger partial charge in [0.05, 0.1) is 11.3 Å². The number of hydrogen-bond acceptors (Lipinski definition) is 5. The number of amides is 1. The molecule has 1 aromatic heterocycles. The van der Waals surface area contributed by atoms with Crippen LogP contribution >= 0.6 is 23.5 Å². The van der Waals surface area contributed by atoms with Crippen LogP contribution in [0.4, 0.5) is 4.39 Å². The Bertz CT molecular complexity index is 1120. The van der Waals surface area contributed by atoms with Gasteiger partial charge in [-0.1, -0.05) is 12.1 Å². The molecular weight excluding hydrogens is 397 g/mol. The average Bonchev–Trinajstić information content (AvgIpc) is 3.20. The fraction of sp³-hybridized carbons (Fsp3) is 0.158. The van der Waals surface area contributed by atoms with Crippen molar-refractivity contribution < 1.29 is 9.18 Å². The molecule has 0 spiro atoms. The Morgan fingerprint density at radius 1 is 1.29 bits per heavy atom. The first-order chi connectivity index (χ1) is 13.4. The summed E-state index contributed by atoms with van der Waals surface area (Å²) < 4.78 is 16.8. The Morgan fingerprint density at radius 2 is 2.04 bits per heavy atom. The summed E-state index contributed by atoms with van der Waals surface area (Å²) in [4.78, 5) is 16.6. The first-order valence-corrected chi connectivity index (χ1v) is 10.4. The lowest BCUT2D eigenvalue weighted by atomic mass is 10.1. The van der Waals surface area contributed by atoms with Crippen molar-refractivity contribution in [3.05, 3.63) is 58.7 Å². The van der Waals surface area contributed by atoms with Gasteiger partial charge in [-0.2, -0.15) is 10.0 Å². The van der Waals surface area contributed by atoms with Crippen molar-refractivity contribution in [3.8, 4) is 5.69 Å². The van der Waals surface area contributed by atoms with Crippen molar-refractivity contribution in [2.24, 2.45) is 10.1 Å². The number of benzene rings is 1. The number of thioether (sulfide) groups is 2. The molecule has 0 saturated carbocycles. The summed E-state index contributed by atoms with van der Waals surface area (Å²) in [5, 5.41) is 14.5. The predicted octanol–water partition coefficient (Wildman–Crippen LogP) is 4.17. The van der Waals surface area contributed by atoms with E-state index in [1.807, 2.05) is 26.2 Å². The number of para-hydroxylation sites is 1. The standard InChI is InChI=1S/C19H16FN5OS2/c1-10-8-12(11(2)24(10)15-7-5-4-6-14(15)20)9-13-16(21)25-18(22-17(13)26)28-19(23-25)27-3/h4-9,21H,1-3H3. The topological polar surface area (TPSA) is 73.8 Å². The van der Waals surface area contributed by atoms with Crippen LogP contribution in [0, 0.1) is 25.1 Å². The maximum Gasteiger partial charge on any atom is 0.283 e. The van der Waals surface area contributed by atoms with Gasteiger partial charge in [-0.05, 0) is 61.7 Å². The number of hydrazone groups is 1. The van der Waals surface area contributed by atoms with E-state index in [0.717, 1.165) is 21.3 Å². The number of aryl methyl sites for hydroxylation is 1. The molecule has 3 heterocycles. The summed E-state index contributed by atoms with van der Waals surface area (Å²) in [6.45, 7) is 3.73. The van der Waals surface area contributed by atoms with Crippen molar-refractivity contribution >= 4 is 50.9 Å². The number of fused-ring (bicyclic) bond motifs is 1. The number of aromatic nitrogens is 1. The van der Waals surface area contributed by atoms with Gasteiger partial charge in [-0.25, -0.2) is 4.39 Å². The molecule has 9 heteroatoms. The van der Waals surface area contributed by atoms with Crippen molar-refractivity contribution in [2.75, 3.05) is 6.26 Å². The highest BCUT2D eigenvalue weighted by atomic mass is 32.2. The molecule has 4 rings (SSSR count). The van der Waals surface area contributed by atoms with E-state index in [2.05, 4.69) is 10.1 Å². The number of nitrogens with one attached hydrogen (secondary N) is 1. The molecule has 2 aromatic rings. The SMILES string of the molecule is CSC1=NN2C(=N)C(=Cc3cc(C)n(-c4ccccc4F)c3C)C(=O)N=C2S1. The molecule has 0 atom stereocenters. The van der Waals surface area contributed by atoms with Crippen molar-refractivity contribution in [2.45, 2.75) is 13.8 Å². The number of carbonyl (C=O) groups is 1. The van der Waals surface area contributed by atoms with Crippen LogP contribution in [0.5, 0.6) is 0 Å². The summed E-state index contributed by atoms with van der Waals surface area (Å²) in [6.07, 6.45) is 3.51. The maximum absolute atomic E-state index is 14.3. The molecule has 1 amide bonds. The average molecular weight is 414 g/mol. The summed E-state index contributed by atoms with van der Waals surface area (Å²) in [6, 6.07) is 8.40. The van der Waals surface area contributed by atoms with Crippen LogP contribution in [0.1, 0.15) is 17.0 Å². The van der Waals surface area contributed by atoms with Crippen LogP contribution in [0.15, 0.2) is 46.0 Å². The van der Waals surface area contributed by atoms with Gasteiger partial charge < -0.3 is 4.57 Å². The number of aliphatic imine (C=N–C) groups is 1. The molecule has 0 unspecified atom stereocenters. The van der Waals surface area contributed by atoms with Crippen molar-refractivity contribution in [3.63, 3.8) is 0 Å². The Hall–Kier alpha value is -2.65. The highest BCUT2D eigenvalue weighted by Crippen LogP contribution is 2.32. The van der Waals surface area contributed by atoms with Gasteiger partial charge in [0.1, 0.15) is 5.82 Å². The molecule has 0 radical (unpaired) electrons. The van der Waals surface area contributed by atoms with Crippen LogP contribution < -0.4 is 0 Å². The summed E-state index contributed by atoms with van der Waals surface area (Å²) in [7, 11) is 0. The minimum atomic E-state index is -0.475. The minimum Gasteiger partial charge on any atom is -0.315 e. The third-order valence-electron chi connectivity index (χ3n) is 4.47. The van der Waals surface area contributed by atoms with Crippen LogP contribution in [0.3, 0.4) is 0 Å². The van der Waals surface area contributed by atoms with Gasteiger partial charge in [-0.3, -0.25) is 10.2 Å². The number of halogens is 1. The minimum absolute atomic E-state index is 0.0118. The van der Waals surface area contributed by atoms with Gasteiger partial charge in [-0.15, -0.1) is 16.9 Å². The molecule has 142 valence electrons. The summed E-state index contributed by atoms with van der Waals surface area (Å²) >= 11 is 2.71. The molecule has 28 heavy (non-hydrogen) atoms. The lowest BCUT2D eigenvalue weighted by Gasteiger charge is -2.20. The van der Waals surface area contributed by atoms with Gasteiger partial charge in [0, 0.05) is 11.4 Å². The predicted molar refractivity (Wildman–Crippen MR) is 114 cm³/mol. The van der Waals surface area contributed by atoms with Gasteiger partial charge in [0.2, 0.25) is 5.17 Å². The molecule has 0 aliphatic carbocycles. The monoisotopic (exact) mass is 413 g/mol. The largest absolute Gasteiger partial charge is 0.315 e. The highest BCUT2D eigenvalue weighted by Gasteiger charge is 2.35. The van der Waals surface area contributed by atoms with E-state index in [1.165, 1.54) is 34.6 Å². The van der Waals surface area contributed by atoms with E-state index in [4.69, 9.17) is 5.41 Å². The summed E-state index contributed by atoms with van der Waals surface area (Å²) in [5.41, 5.74) is 2.93. The van der Waals surface area contributed by atoms with Crippen LogP contribution in [-0.4, -0.2) is 37.1 Å². The van der Waals surface area contributed by atoms with Crippen LogP contribution in [0.25, 0.3) is 11.8 Å². The van der Waals surface area contributed by atoms with E-state index in [1.54, 1.807) is 28.8 Å². The highest BCUT2D eigenvalue weighted by molar-refractivity contribution is 8.45. The quantitative estimate of drug-likeness (QED) is 0.750. The van der Waals surface area contributed by atoms with Gasteiger partial charge in [0.25, 0.3) is 5.91 Å². The van der Waals surface area contributed by atoms with E-state index < -0.39 is 5.91 Å². The number of nitrogens with zero attached hydrogens (tertiary/aromatic N) is 4. The second kappa shape index (κ2) is 7.06. The van der Waals surface area contributed by atoms with Gasteiger partial charge in [0.15, 0.2) is 10.2 Å². The number of carbonyl (C=O) groups excluding carboxylic acids is 1. The number of amidine groups is 2. The third-order valence-corrected chi connectivity index (χ3v) is 6.36. The second-order valence-electron chi connectivity index (χ2n) is 6.20. The zero-order valence-corrected chi connectivity index (χ0v) is 17.0. The Morgan fingerprint density at radius 3 is 2.75 bits per heavy atom. The Labute approximate surface area is 169 Å². The fourth-order valence-electron chi connectivity index (χ4n) is 3.15. The molecule has 0 bridgehead atoms. The molecular formula is C19H16FN5OS2. The fourth-order valence-corrected chi connectivity index (χ4v) is 4.50. The maximum atomic E-state index is 14.3. The zero-order valence-electron chi connectivity index (χ0n) is 15.4. The first-order valence-electron chi connectivity index (χ1n) is 8.38. The van der Waals surface area contributed by atoms with Gasteiger partial charge >= 0.3 is 0 Å². The lowest BCUT2D eigenvalue weighted by molar-refractivity contribution is -0.114. The van der Waals surface area contributed by atoms with Crippen molar-refractivity contribution in [1.29, 1.82) is 5.41 Å². The zero-order chi connectivity index (χ0) is 20.0. The van der Waals surface area contributed by atoms with E-state index >= 15 is 0 Å². The Balaban J connectivity index is 1.78. The molecule has 1 aromatic carbocycles. The number of hydrogen-bond donors (Lipinski definition) is 1. The molecule has 0 saturated heterocycles. The second-order valence-corrected chi connectivity index (χ2v) is 8.21. The van der Waals surface area contributed by atoms with E-state index in [0.29, 0.717) is 10.9 Å². The van der Waals surface area contributed by atoms with Crippen LogP contribution in [0.2, 0.25) is 0 Å². The van der Waals surface area contributed by atoms with Crippen LogP contribution in [-0.2, 0) is 4.79 Å². The molecule has 2 aliphatic rings. The van der Waals surface area contributed by atoms with E-state index in [-0.39, 0.29) is 17.2 Å². The smallest absolute Gasteiger partial charge is 0.283 e. The third kappa shape index (κ3) is 3.00. The molecule has 1 N–H and O–H groups in total. The normalized spacial score (nSPS) is 17.9. The van der Waals surface area contributed by atoms with E-state index in [9.17, 15) is 9.18 Å².